The molecule has 1 heterocycles. The average molecular weight is 370 g/mol. The second-order valence-electron chi connectivity index (χ2n) is 6.61. The minimum Gasteiger partial charge on any atom is -0.378 e. The lowest BCUT2D eigenvalue weighted by molar-refractivity contribution is -0.116. The van der Waals surface area contributed by atoms with Crippen LogP contribution in [0, 0.1) is 12.7 Å². The molecule has 0 unspecified atom stereocenters. The Morgan fingerprint density at radius 2 is 1.93 bits per heavy atom. The number of carbonyl (C=O) groups excluding carboxylic acids is 2. The smallest absolute Gasteiger partial charge is 0.254 e. The molecule has 3 rings (SSSR count). The maximum Gasteiger partial charge on any atom is 0.254 e. The highest BCUT2D eigenvalue weighted by Crippen LogP contribution is 2.19. The van der Waals surface area contributed by atoms with Crippen LogP contribution in [0.15, 0.2) is 42.5 Å². The molecular formula is C21H23FN2O3. The van der Waals surface area contributed by atoms with Crippen LogP contribution in [0.3, 0.4) is 0 Å². The Labute approximate surface area is 158 Å². The first-order chi connectivity index (χ1) is 13.0. The van der Waals surface area contributed by atoms with Crippen LogP contribution in [0.5, 0.6) is 0 Å². The number of halogens is 1. The van der Waals surface area contributed by atoms with Gasteiger partial charge < -0.3 is 15.0 Å². The summed E-state index contributed by atoms with van der Waals surface area (Å²) in [7, 11) is 0. The van der Waals surface area contributed by atoms with Crippen molar-refractivity contribution in [2.45, 2.75) is 19.8 Å². The number of rotatable bonds is 5. The molecule has 2 aromatic carbocycles. The predicted molar refractivity (Wildman–Crippen MR) is 101 cm³/mol. The zero-order chi connectivity index (χ0) is 19.2. The molecule has 1 N–H and O–H groups in total. The lowest BCUT2D eigenvalue weighted by Crippen LogP contribution is -2.40. The third kappa shape index (κ3) is 5.14. The highest BCUT2D eigenvalue weighted by Gasteiger charge is 2.19. The van der Waals surface area contributed by atoms with Gasteiger partial charge in [0.15, 0.2) is 0 Å². The van der Waals surface area contributed by atoms with Crippen molar-refractivity contribution < 1.29 is 18.7 Å². The van der Waals surface area contributed by atoms with Crippen molar-refractivity contribution in [1.82, 2.24) is 4.90 Å². The number of carbonyl (C=O) groups is 2. The first kappa shape index (κ1) is 19.0. The third-order valence-corrected chi connectivity index (χ3v) is 4.59. The highest BCUT2D eigenvalue weighted by molar-refractivity contribution is 5.97. The lowest BCUT2D eigenvalue weighted by Gasteiger charge is -2.27. The number of amides is 2. The minimum atomic E-state index is -0.307. The fourth-order valence-corrected chi connectivity index (χ4v) is 3.00. The Kier molecular flexibility index (Phi) is 6.19. The van der Waals surface area contributed by atoms with E-state index in [-0.39, 0.29) is 24.1 Å². The highest BCUT2D eigenvalue weighted by atomic mass is 19.1. The summed E-state index contributed by atoms with van der Waals surface area (Å²) < 4.78 is 18.5. The van der Waals surface area contributed by atoms with Gasteiger partial charge >= 0.3 is 0 Å². The number of hydrogen-bond acceptors (Lipinski definition) is 3. The van der Waals surface area contributed by atoms with E-state index < -0.39 is 0 Å². The van der Waals surface area contributed by atoms with Crippen molar-refractivity contribution in [1.29, 1.82) is 0 Å². The standard InChI is InChI=1S/C21H23FN2O3/c1-15-5-7-17(21(26)24-9-11-27-12-10-24)14-19(15)23-20(25)8-6-16-3-2-4-18(22)13-16/h2-5,7,13-14H,6,8-12H2,1H3,(H,23,25). The second-order valence-corrected chi connectivity index (χ2v) is 6.61. The molecule has 0 aromatic heterocycles. The van der Waals surface area contributed by atoms with Crippen LogP contribution in [0.4, 0.5) is 10.1 Å². The second kappa shape index (κ2) is 8.77. The van der Waals surface area contributed by atoms with Crippen LogP contribution in [0.1, 0.15) is 27.9 Å². The number of morpholine rings is 1. The molecule has 6 heteroatoms. The Balaban J connectivity index is 1.63. The summed E-state index contributed by atoms with van der Waals surface area (Å²) in [5, 5.41) is 2.87. The van der Waals surface area contributed by atoms with E-state index in [1.807, 2.05) is 13.0 Å². The average Bonchev–Trinajstić information content (AvgIpc) is 2.68. The first-order valence-electron chi connectivity index (χ1n) is 9.05. The van der Waals surface area contributed by atoms with Gasteiger partial charge in [-0.25, -0.2) is 4.39 Å². The Morgan fingerprint density at radius 3 is 2.67 bits per heavy atom. The molecule has 27 heavy (non-hydrogen) atoms. The molecule has 1 fully saturated rings. The summed E-state index contributed by atoms with van der Waals surface area (Å²) >= 11 is 0. The molecule has 0 spiro atoms. The molecular weight excluding hydrogens is 347 g/mol. The van der Waals surface area contributed by atoms with E-state index in [2.05, 4.69) is 5.32 Å². The van der Waals surface area contributed by atoms with Crippen LogP contribution in [0.2, 0.25) is 0 Å². The van der Waals surface area contributed by atoms with Crippen molar-refractivity contribution in [3.8, 4) is 0 Å². The van der Waals surface area contributed by atoms with Gasteiger partial charge in [-0.05, 0) is 48.7 Å². The molecule has 0 aliphatic carbocycles. The number of nitrogens with zero attached hydrogens (tertiary/aromatic N) is 1. The van der Waals surface area contributed by atoms with Gasteiger partial charge in [-0.3, -0.25) is 9.59 Å². The van der Waals surface area contributed by atoms with Crippen molar-refractivity contribution in [3.05, 3.63) is 65.0 Å². The zero-order valence-corrected chi connectivity index (χ0v) is 15.3. The van der Waals surface area contributed by atoms with Crippen molar-refractivity contribution in [2.75, 3.05) is 31.6 Å². The fourth-order valence-electron chi connectivity index (χ4n) is 3.00. The van der Waals surface area contributed by atoms with Gasteiger partial charge in [0.05, 0.1) is 13.2 Å². The summed E-state index contributed by atoms with van der Waals surface area (Å²) in [5.41, 5.74) is 2.83. The Hall–Kier alpha value is -2.73. The van der Waals surface area contributed by atoms with E-state index in [9.17, 15) is 14.0 Å². The molecule has 2 aromatic rings. The quantitative estimate of drug-likeness (QED) is 0.879. The molecule has 1 aliphatic rings. The monoisotopic (exact) mass is 370 g/mol. The minimum absolute atomic E-state index is 0.0615. The molecule has 142 valence electrons. The fraction of sp³-hybridized carbons (Fsp3) is 0.333. The Bertz CT molecular complexity index is 832. The summed E-state index contributed by atoms with van der Waals surface area (Å²) in [4.78, 5) is 26.7. The van der Waals surface area contributed by atoms with Crippen LogP contribution in [-0.2, 0) is 16.0 Å². The number of anilines is 1. The molecule has 0 saturated carbocycles. The van der Waals surface area contributed by atoms with E-state index in [4.69, 9.17) is 4.74 Å². The number of nitrogens with one attached hydrogen (secondary N) is 1. The first-order valence-corrected chi connectivity index (χ1v) is 9.05. The molecule has 0 bridgehead atoms. The van der Waals surface area contributed by atoms with Gasteiger partial charge in [-0.2, -0.15) is 0 Å². The van der Waals surface area contributed by atoms with Gasteiger partial charge in [-0.15, -0.1) is 0 Å². The largest absolute Gasteiger partial charge is 0.378 e. The van der Waals surface area contributed by atoms with Crippen molar-refractivity contribution in [2.24, 2.45) is 0 Å². The summed E-state index contributed by atoms with van der Waals surface area (Å²) in [6, 6.07) is 11.6. The van der Waals surface area contributed by atoms with E-state index in [1.165, 1.54) is 12.1 Å². The van der Waals surface area contributed by atoms with Crippen molar-refractivity contribution in [3.63, 3.8) is 0 Å². The SMILES string of the molecule is Cc1ccc(C(=O)N2CCOCC2)cc1NC(=O)CCc1cccc(F)c1. The molecule has 5 nitrogen and oxygen atoms in total. The summed E-state index contributed by atoms with van der Waals surface area (Å²) in [6.45, 7) is 4.11. The molecule has 0 radical (unpaired) electrons. The van der Waals surface area contributed by atoms with Gasteiger partial charge in [0.2, 0.25) is 5.91 Å². The maximum atomic E-state index is 13.2. The normalized spacial score (nSPS) is 14.1. The molecule has 1 saturated heterocycles. The number of hydrogen-bond donors (Lipinski definition) is 1. The van der Waals surface area contributed by atoms with Gasteiger partial charge in [0.1, 0.15) is 5.82 Å². The molecule has 1 aliphatic heterocycles. The molecule has 0 atom stereocenters. The summed E-state index contributed by atoms with van der Waals surface area (Å²) in [6.07, 6.45) is 0.694. The van der Waals surface area contributed by atoms with Gasteiger partial charge in [0, 0.05) is 30.8 Å². The van der Waals surface area contributed by atoms with Crippen LogP contribution in [-0.4, -0.2) is 43.0 Å². The third-order valence-electron chi connectivity index (χ3n) is 4.59. The lowest BCUT2D eigenvalue weighted by atomic mass is 10.1. The van der Waals surface area contributed by atoms with Crippen LogP contribution >= 0.6 is 0 Å². The number of ether oxygens (including phenoxy) is 1. The van der Waals surface area contributed by atoms with Gasteiger partial charge in [-0.1, -0.05) is 18.2 Å². The summed E-state index contributed by atoms with van der Waals surface area (Å²) in [5.74, 6) is -0.537. The van der Waals surface area contributed by atoms with E-state index in [1.54, 1.807) is 29.2 Å². The Morgan fingerprint density at radius 1 is 1.15 bits per heavy atom. The molecule has 2 amide bonds. The predicted octanol–water partition coefficient (Wildman–Crippen LogP) is 3.18. The zero-order valence-electron chi connectivity index (χ0n) is 15.3. The van der Waals surface area contributed by atoms with Crippen LogP contribution < -0.4 is 5.32 Å². The number of aryl methyl sites for hydroxylation is 2. The van der Waals surface area contributed by atoms with Crippen molar-refractivity contribution >= 4 is 17.5 Å². The number of benzene rings is 2. The van der Waals surface area contributed by atoms with E-state index in [0.717, 1.165) is 11.1 Å². The van der Waals surface area contributed by atoms with Crippen LogP contribution in [0.25, 0.3) is 0 Å². The van der Waals surface area contributed by atoms with Gasteiger partial charge in [0.25, 0.3) is 5.91 Å². The topological polar surface area (TPSA) is 58.6 Å². The van der Waals surface area contributed by atoms with E-state index in [0.29, 0.717) is 44.0 Å². The maximum absolute atomic E-state index is 13.2. The van der Waals surface area contributed by atoms with E-state index >= 15 is 0 Å².